The van der Waals surface area contributed by atoms with Gasteiger partial charge in [-0.2, -0.15) is 0 Å². The first-order valence-electron chi connectivity index (χ1n) is 5.93. The van der Waals surface area contributed by atoms with Crippen molar-refractivity contribution in [3.63, 3.8) is 0 Å². The van der Waals surface area contributed by atoms with Gasteiger partial charge < -0.3 is 10.4 Å². The van der Waals surface area contributed by atoms with Crippen molar-refractivity contribution in [3.8, 4) is 0 Å². The Morgan fingerprint density at radius 3 is 2.90 bits per heavy atom. The summed E-state index contributed by atoms with van der Waals surface area (Å²) in [5.74, 6) is -1.35. The number of carboxylic acid groups (broad SMARTS) is 1. The summed E-state index contributed by atoms with van der Waals surface area (Å²) < 4.78 is 0.952. The van der Waals surface area contributed by atoms with Crippen molar-refractivity contribution in [3.05, 3.63) is 56.5 Å². The summed E-state index contributed by atoms with van der Waals surface area (Å²) in [6.45, 7) is 0.404. The number of aliphatic carboxylic acids is 1. The highest BCUT2D eigenvalue weighted by atomic mass is 79.9. The Morgan fingerprint density at radius 1 is 1.43 bits per heavy atom. The van der Waals surface area contributed by atoms with Gasteiger partial charge in [-0.3, -0.25) is 9.78 Å². The van der Waals surface area contributed by atoms with E-state index in [4.69, 9.17) is 5.11 Å². The van der Waals surface area contributed by atoms with Crippen molar-refractivity contribution in [2.75, 3.05) is 0 Å². The molecule has 0 atom stereocenters. The van der Waals surface area contributed by atoms with E-state index in [0.717, 1.165) is 15.4 Å². The fourth-order valence-electron chi connectivity index (χ4n) is 1.61. The molecule has 2 rings (SSSR count). The first kappa shape index (κ1) is 15.4. The third kappa shape index (κ3) is 4.24. The highest BCUT2D eigenvalue weighted by Gasteiger charge is 2.11. The Labute approximate surface area is 133 Å². The van der Waals surface area contributed by atoms with Gasteiger partial charge >= 0.3 is 5.97 Å². The van der Waals surface area contributed by atoms with Crippen LogP contribution < -0.4 is 5.32 Å². The average molecular weight is 367 g/mol. The molecular formula is C14H11BrN2O3S. The monoisotopic (exact) mass is 366 g/mol. The number of carbonyl (C=O) groups excluding carboxylic acids is 1. The zero-order valence-corrected chi connectivity index (χ0v) is 13.1. The predicted octanol–water partition coefficient (Wildman–Crippen LogP) is 2.93. The number of rotatable bonds is 5. The highest BCUT2D eigenvalue weighted by Crippen LogP contribution is 2.22. The van der Waals surface area contributed by atoms with Crippen LogP contribution in [0.5, 0.6) is 0 Å². The summed E-state index contributed by atoms with van der Waals surface area (Å²) in [5.41, 5.74) is 0.845. The first-order chi connectivity index (χ1) is 10.1. The van der Waals surface area contributed by atoms with Gasteiger partial charge in [-0.1, -0.05) is 0 Å². The molecule has 2 aromatic heterocycles. The molecule has 0 aliphatic heterocycles. The van der Waals surface area contributed by atoms with Crippen molar-refractivity contribution in [2.24, 2.45) is 0 Å². The summed E-state index contributed by atoms with van der Waals surface area (Å²) in [6, 6.07) is 3.47. The van der Waals surface area contributed by atoms with E-state index in [1.807, 2.05) is 11.4 Å². The molecule has 2 N–H and O–H groups in total. The molecule has 0 spiro atoms. The number of hydrogen-bond donors (Lipinski definition) is 2. The Hall–Kier alpha value is -1.99. The van der Waals surface area contributed by atoms with Gasteiger partial charge in [0.25, 0.3) is 5.91 Å². The molecule has 5 nitrogen and oxygen atoms in total. The van der Waals surface area contributed by atoms with Crippen LogP contribution in [0.1, 0.15) is 20.8 Å². The zero-order valence-electron chi connectivity index (χ0n) is 10.7. The van der Waals surface area contributed by atoms with E-state index < -0.39 is 5.97 Å². The molecule has 2 aromatic rings. The Kier molecular flexibility index (Phi) is 5.24. The summed E-state index contributed by atoms with van der Waals surface area (Å²) in [6.07, 6.45) is 5.28. The van der Waals surface area contributed by atoms with Crippen molar-refractivity contribution < 1.29 is 14.7 Å². The number of nitrogens with one attached hydrogen (secondary N) is 1. The maximum atomic E-state index is 12.2. The van der Waals surface area contributed by atoms with Crippen LogP contribution in [0.2, 0.25) is 0 Å². The number of aromatic nitrogens is 1. The molecule has 0 aromatic carbocycles. The number of hydrogen-bond acceptors (Lipinski definition) is 4. The molecule has 0 saturated heterocycles. The Bertz CT molecular complexity index is 697. The molecule has 108 valence electrons. The van der Waals surface area contributed by atoms with Gasteiger partial charge in [0.15, 0.2) is 0 Å². The van der Waals surface area contributed by atoms with Gasteiger partial charge in [-0.15, -0.1) is 11.3 Å². The Balaban J connectivity index is 2.12. The van der Waals surface area contributed by atoms with E-state index in [0.29, 0.717) is 17.7 Å². The lowest BCUT2D eigenvalue weighted by Gasteiger charge is -2.07. The summed E-state index contributed by atoms with van der Waals surface area (Å²) >= 11 is 4.94. The molecule has 1 amide bonds. The minimum absolute atomic E-state index is 0.275. The molecular weight excluding hydrogens is 356 g/mol. The molecule has 2 heterocycles. The second-order valence-electron chi connectivity index (χ2n) is 4.01. The SMILES string of the molecule is O=C(O)/C=C/c1cnccc1C(=O)NCc1sccc1Br. The van der Waals surface area contributed by atoms with Crippen LogP contribution in [-0.4, -0.2) is 22.0 Å². The number of pyridine rings is 1. The topological polar surface area (TPSA) is 79.3 Å². The van der Waals surface area contributed by atoms with Crippen LogP contribution in [0.25, 0.3) is 6.08 Å². The smallest absolute Gasteiger partial charge is 0.328 e. The maximum Gasteiger partial charge on any atom is 0.328 e. The number of nitrogens with zero attached hydrogens (tertiary/aromatic N) is 1. The number of thiophene rings is 1. The molecule has 0 unspecified atom stereocenters. The summed E-state index contributed by atoms with van der Waals surface area (Å²) in [7, 11) is 0. The fourth-order valence-corrected chi connectivity index (χ4v) is 3.05. The standard InChI is InChI=1S/C14H11BrN2O3S/c15-11-4-6-21-12(11)8-17-14(20)10-3-5-16-7-9(10)1-2-13(18)19/h1-7H,8H2,(H,17,20)(H,18,19)/b2-1+. The number of carboxylic acids is 1. The van der Waals surface area contributed by atoms with E-state index in [1.54, 1.807) is 6.07 Å². The van der Waals surface area contributed by atoms with Crippen LogP contribution in [0.3, 0.4) is 0 Å². The number of amides is 1. The molecule has 21 heavy (non-hydrogen) atoms. The molecule has 0 aliphatic carbocycles. The van der Waals surface area contributed by atoms with Crippen LogP contribution >= 0.6 is 27.3 Å². The van der Waals surface area contributed by atoms with Crippen molar-refractivity contribution in [2.45, 2.75) is 6.54 Å². The lowest BCUT2D eigenvalue weighted by Crippen LogP contribution is -2.23. The predicted molar refractivity (Wildman–Crippen MR) is 84.1 cm³/mol. The number of halogens is 1. The molecule has 0 saturated carbocycles. The van der Waals surface area contributed by atoms with E-state index in [2.05, 4.69) is 26.2 Å². The third-order valence-electron chi connectivity index (χ3n) is 2.60. The van der Waals surface area contributed by atoms with E-state index in [1.165, 1.54) is 29.8 Å². The normalized spacial score (nSPS) is 10.7. The first-order valence-corrected chi connectivity index (χ1v) is 7.60. The minimum atomic E-state index is -1.08. The van der Waals surface area contributed by atoms with Crippen molar-refractivity contribution in [1.29, 1.82) is 0 Å². The molecule has 7 heteroatoms. The minimum Gasteiger partial charge on any atom is -0.478 e. The maximum absolute atomic E-state index is 12.2. The molecule has 0 aliphatic rings. The fraction of sp³-hybridized carbons (Fsp3) is 0.0714. The lowest BCUT2D eigenvalue weighted by molar-refractivity contribution is -0.131. The highest BCUT2D eigenvalue weighted by molar-refractivity contribution is 9.10. The van der Waals surface area contributed by atoms with Gasteiger partial charge in [0.05, 0.1) is 6.54 Å². The van der Waals surface area contributed by atoms with E-state index in [-0.39, 0.29) is 5.91 Å². The van der Waals surface area contributed by atoms with Crippen LogP contribution in [0, 0.1) is 0 Å². The van der Waals surface area contributed by atoms with Crippen molar-refractivity contribution in [1.82, 2.24) is 10.3 Å². The van der Waals surface area contributed by atoms with Gasteiger partial charge in [0, 0.05) is 38.9 Å². The van der Waals surface area contributed by atoms with Gasteiger partial charge in [-0.05, 0) is 39.5 Å². The largest absolute Gasteiger partial charge is 0.478 e. The second kappa shape index (κ2) is 7.14. The summed E-state index contributed by atoms with van der Waals surface area (Å²) in [4.78, 5) is 27.7. The van der Waals surface area contributed by atoms with Crippen LogP contribution in [0.15, 0.2) is 40.5 Å². The van der Waals surface area contributed by atoms with Crippen LogP contribution in [-0.2, 0) is 11.3 Å². The summed E-state index contributed by atoms with van der Waals surface area (Å²) in [5, 5.41) is 13.4. The van der Waals surface area contributed by atoms with Gasteiger partial charge in [-0.25, -0.2) is 4.79 Å². The van der Waals surface area contributed by atoms with E-state index in [9.17, 15) is 9.59 Å². The zero-order chi connectivity index (χ0) is 15.2. The van der Waals surface area contributed by atoms with Gasteiger partial charge in [0.2, 0.25) is 0 Å². The second-order valence-corrected chi connectivity index (χ2v) is 5.86. The van der Waals surface area contributed by atoms with Gasteiger partial charge in [0.1, 0.15) is 0 Å². The third-order valence-corrected chi connectivity index (χ3v) is 4.53. The molecule has 0 fully saturated rings. The van der Waals surface area contributed by atoms with E-state index >= 15 is 0 Å². The molecule has 0 bridgehead atoms. The average Bonchev–Trinajstić information content (AvgIpc) is 2.88. The lowest BCUT2D eigenvalue weighted by atomic mass is 10.1. The quantitative estimate of drug-likeness (QED) is 0.797. The Morgan fingerprint density at radius 2 is 2.24 bits per heavy atom. The number of carbonyl (C=O) groups is 2. The van der Waals surface area contributed by atoms with Crippen molar-refractivity contribution >= 4 is 45.2 Å². The molecule has 0 radical (unpaired) electrons. The van der Waals surface area contributed by atoms with Crippen LogP contribution in [0.4, 0.5) is 0 Å².